The molecule has 0 heterocycles. The average Bonchev–Trinajstić information content (AvgIpc) is 2.35. The molecular weight excluding hydrogens is 230 g/mol. The normalized spacial score (nSPS) is 14.4. The summed E-state index contributed by atoms with van der Waals surface area (Å²) < 4.78 is 23.9. The summed E-state index contributed by atoms with van der Waals surface area (Å²) in [5.74, 6) is -0.601. The predicted octanol–water partition coefficient (Wildman–Crippen LogP) is 0.429. The second-order valence-electron chi connectivity index (χ2n) is 3.54. The van der Waals surface area contributed by atoms with Crippen LogP contribution < -0.4 is 11.1 Å². The van der Waals surface area contributed by atoms with Crippen molar-refractivity contribution in [2.45, 2.75) is 18.6 Å². The number of aliphatic hydroxyl groups excluding tert-OH is 1. The highest BCUT2D eigenvalue weighted by Gasteiger charge is 2.20. The van der Waals surface area contributed by atoms with Gasteiger partial charge in [0, 0.05) is 6.54 Å². The number of benzene rings is 1. The van der Waals surface area contributed by atoms with Crippen molar-refractivity contribution in [3.63, 3.8) is 0 Å². The van der Waals surface area contributed by atoms with Gasteiger partial charge in [-0.25, -0.2) is 8.78 Å². The number of hydrogen-bond acceptors (Lipinski definition) is 3. The van der Waals surface area contributed by atoms with E-state index < -0.39 is 31.0 Å². The first-order chi connectivity index (χ1) is 8.02. The summed E-state index contributed by atoms with van der Waals surface area (Å²) in [5, 5.41) is 11.0. The Morgan fingerprint density at radius 3 is 2.47 bits per heavy atom. The van der Waals surface area contributed by atoms with E-state index in [2.05, 4.69) is 5.32 Å². The molecule has 1 aromatic carbocycles. The lowest BCUT2D eigenvalue weighted by atomic mass is 10.1. The molecule has 1 unspecified atom stereocenters. The number of rotatable bonds is 5. The standard InChI is InChI=1S/C11H14F2N2O2/c12-10(13)8(16)6-15-11(17)9(14)7-4-2-1-3-5-7/h1-5,8-10,16H,6,14H2,(H,15,17)/t8?,9-/m1/s1. The minimum absolute atomic E-state index is 0.517. The summed E-state index contributed by atoms with van der Waals surface area (Å²) in [4.78, 5) is 11.5. The van der Waals surface area contributed by atoms with Crippen molar-refractivity contribution < 1.29 is 18.7 Å². The van der Waals surface area contributed by atoms with Gasteiger partial charge in [-0.3, -0.25) is 4.79 Å². The molecule has 1 aromatic rings. The molecule has 17 heavy (non-hydrogen) atoms. The SMILES string of the molecule is N[C@@H](C(=O)NCC(O)C(F)F)c1ccccc1. The molecule has 0 aliphatic heterocycles. The summed E-state index contributed by atoms with van der Waals surface area (Å²) >= 11 is 0. The van der Waals surface area contributed by atoms with E-state index in [1.165, 1.54) is 0 Å². The fourth-order valence-electron chi connectivity index (χ4n) is 1.22. The maximum Gasteiger partial charge on any atom is 0.265 e. The van der Waals surface area contributed by atoms with Crippen LogP contribution in [0.15, 0.2) is 30.3 Å². The molecule has 4 N–H and O–H groups in total. The first-order valence-electron chi connectivity index (χ1n) is 5.07. The van der Waals surface area contributed by atoms with Gasteiger partial charge >= 0.3 is 0 Å². The van der Waals surface area contributed by atoms with E-state index in [9.17, 15) is 13.6 Å². The molecule has 0 saturated carbocycles. The Balaban J connectivity index is 2.48. The Kier molecular flexibility index (Phi) is 4.99. The van der Waals surface area contributed by atoms with Crippen LogP contribution in [-0.2, 0) is 4.79 Å². The molecule has 0 radical (unpaired) electrons. The van der Waals surface area contributed by atoms with Gasteiger partial charge in [-0.15, -0.1) is 0 Å². The third kappa shape index (κ3) is 4.08. The third-order valence-corrected chi connectivity index (χ3v) is 2.22. The molecule has 94 valence electrons. The Labute approximate surface area is 97.4 Å². The van der Waals surface area contributed by atoms with Gasteiger partial charge in [0.1, 0.15) is 12.1 Å². The van der Waals surface area contributed by atoms with Crippen LogP contribution in [0.4, 0.5) is 8.78 Å². The largest absolute Gasteiger partial charge is 0.385 e. The predicted molar refractivity (Wildman–Crippen MR) is 58.4 cm³/mol. The average molecular weight is 244 g/mol. The number of carbonyl (C=O) groups is 1. The van der Waals surface area contributed by atoms with Crippen molar-refractivity contribution >= 4 is 5.91 Å². The minimum Gasteiger partial charge on any atom is -0.385 e. The lowest BCUT2D eigenvalue weighted by molar-refractivity contribution is -0.123. The highest BCUT2D eigenvalue weighted by atomic mass is 19.3. The summed E-state index contributed by atoms with van der Waals surface area (Å²) in [7, 11) is 0. The quantitative estimate of drug-likeness (QED) is 0.703. The van der Waals surface area contributed by atoms with E-state index in [4.69, 9.17) is 10.8 Å². The fraction of sp³-hybridized carbons (Fsp3) is 0.364. The van der Waals surface area contributed by atoms with Gasteiger partial charge in [0.2, 0.25) is 5.91 Å². The lowest BCUT2D eigenvalue weighted by Crippen LogP contribution is -2.40. The molecule has 0 spiro atoms. The Bertz CT molecular complexity index is 360. The molecule has 0 aromatic heterocycles. The first kappa shape index (κ1) is 13.5. The molecule has 4 nitrogen and oxygen atoms in total. The summed E-state index contributed by atoms with van der Waals surface area (Å²) in [5.41, 5.74) is 6.20. The van der Waals surface area contributed by atoms with Gasteiger partial charge < -0.3 is 16.2 Å². The number of carbonyl (C=O) groups excluding carboxylic acids is 1. The van der Waals surface area contributed by atoms with Crippen LogP contribution in [0.5, 0.6) is 0 Å². The second kappa shape index (κ2) is 6.27. The summed E-state index contributed by atoms with van der Waals surface area (Å²) in [6, 6.07) is 7.60. The van der Waals surface area contributed by atoms with Crippen LogP contribution >= 0.6 is 0 Å². The summed E-state index contributed by atoms with van der Waals surface area (Å²) in [6.45, 7) is -0.517. The van der Waals surface area contributed by atoms with E-state index in [0.29, 0.717) is 5.56 Å². The van der Waals surface area contributed by atoms with E-state index in [1.54, 1.807) is 30.3 Å². The van der Waals surface area contributed by atoms with E-state index in [0.717, 1.165) is 0 Å². The number of nitrogens with one attached hydrogen (secondary N) is 1. The molecule has 0 bridgehead atoms. The van der Waals surface area contributed by atoms with Gasteiger partial charge in [-0.05, 0) is 5.56 Å². The zero-order valence-corrected chi connectivity index (χ0v) is 9.01. The Morgan fingerprint density at radius 1 is 1.35 bits per heavy atom. The maximum atomic E-state index is 12.0. The maximum absolute atomic E-state index is 12.0. The molecule has 2 atom stereocenters. The van der Waals surface area contributed by atoms with Crippen LogP contribution in [0, 0.1) is 0 Å². The fourth-order valence-corrected chi connectivity index (χ4v) is 1.22. The van der Waals surface area contributed by atoms with Crippen molar-refractivity contribution in [3.05, 3.63) is 35.9 Å². The molecule has 6 heteroatoms. The van der Waals surface area contributed by atoms with E-state index in [-0.39, 0.29) is 0 Å². The topological polar surface area (TPSA) is 75.4 Å². The van der Waals surface area contributed by atoms with Crippen molar-refractivity contribution in [1.29, 1.82) is 0 Å². The summed E-state index contributed by atoms with van der Waals surface area (Å²) in [6.07, 6.45) is -4.76. The van der Waals surface area contributed by atoms with Gasteiger partial charge in [-0.1, -0.05) is 30.3 Å². The number of amides is 1. The van der Waals surface area contributed by atoms with Gasteiger partial charge in [-0.2, -0.15) is 0 Å². The monoisotopic (exact) mass is 244 g/mol. The van der Waals surface area contributed by atoms with E-state index in [1.807, 2.05) is 0 Å². The highest BCUT2D eigenvalue weighted by Crippen LogP contribution is 2.09. The number of alkyl halides is 2. The number of halogens is 2. The van der Waals surface area contributed by atoms with Crippen molar-refractivity contribution in [3.8, 4) is 0 Å². The van der Waals surface area contributed by atoms with Gasteiger partial charge in [0.25, 0.3) is 6.43 Å². The van der Waals surface area contributed by atoms with Crippen LogP contribution in [0.25, 0.3) is 0 Å². The van der Waals surface area contributed by atoms with Crippen molar-refractivity contribution in [2.75, 3.05) is 6.54 Å². The van der Waals surface area contributed by atoms with E-state index >= 15 is 0 Å². The van der Waals surface area contributed by atoms with Gasteiger partial charge in [0.05, 0.1) is 0 Å². The molecule has 0 saturated heterocycles. The molecule has 0 aliphatic rings. The number of aliphatic hydroxyl groups is 1. The van der Waals surface area contributed by atoms with Crippen LogP contribution in [0.3, 0.4) is 0 Å². The van der Waals surface area contributed by atoms with Crippen LogP contribution in [0.2, 0.25) is 0 Å². The molecule has 0 aliphatic carbocycles. The van der Waals surface area contributed by atoms with Gasteiger partial charge in [0.15, 0.2) is 0 Å². The number of nitrogens with two attached hydrogens (primary N) is 1. The molecular formula is C11H14F2N2O2. The third-order valence-electron chi connectivity index (χ3n) is 2.22. The zero-order chi connectivity index (χ0) is 12.8. The van der Waals surface area contributed by atoms with Crippen LogP contribution in [0.1, 0.15) is 11.6 Å². The van der Waals surface area contributed by atoms with Crippen LogP contribution in [-0.4, -0.2) is 30.1 Å². The smallest absolute Gasteiger partial charge is 0.265 e. The second-order valence-corrected chi connectivity index (χ2v) is 3.54. The highest BCUT2D eigenvalue weighted by molar-refractivity contribution is 5.82. The van der Waals surface area contributed by atoms with Crippen molar-refractivity contribution in [1.82, 2.24) is 5.32 Å². The molecule has 1 amide bonds. The lowest BCUT2D eigenvalue weighted by Gasteiger charge is -2.14. The molecule has 1 rings (SSSR count). The van der Waals surface area contributed by atoms with Crippen molar-refractivity contribution in [2.24, 2.45) is 5.73 Å². The molecule has 0 fully saturated rings. The Morgan fingerprint density at radius 2 is 1.94 bits per heavy atom. The first-order valence-corrected chi connectivity index (χ1v) is 5.07. The number of hydrogen-bond donors (Lipinski definition) is 3. The zero-order valence-electron chi connectivity index (χ0n) is 9.01. The Hall–Kier alpha value is -1.53. The minimum atomic E-state index is -2.89.